The van der Waals surface area contributed by atoms with Gasteiger partial charge >= 0.3 is 0 Å². The van der Waals surface area contributed by atoms with E-state index in [1.54, 1.807) is 23.0 Å². The van der Waals surface area contributed by atoms with Crippen molar-refractivity contribution < 1.29 is 0 Å². The maximum atomic E-state index is 5.91. The highest BCUT2D eigenvalue weighted by Gasteiger charge is 2.05. The Hall–Kier alpha value is -1.55. The van der Waals surface area contributed by atoms with Gasteiger partial charge in [-0.25, -0.2) is 4.68 Å². The molecule has 0 spiro atoms. The summed E-state index contributed by atoms with van der Waals surface area (Å²) in [5.41, 5.74) is 8.05. The van der Waals surface area contributed by atoms with E-state index in [0.29, 0.717) is 10.7 Å². The number of aryl methyl sites for hydroxylation is 1. The van der Waals surface area contributed by atoms with Gasteiger partial charge in [0.1, 0.15) is 0 Å². The highest BCUT2D eigenvalue weighted by Crippen LogP contribution is 2.25. The summed E-state index contributed by atoms with van der Waals surface area (Å²) < 4.78 is 1.68. The molecule has 2 rings (SSSR count). The standard InChI is InChI=1S/C9H9ClN4/c1-14-9(5-12-13-14)6-2-3-8(11)7(10)4-6/h2-5H,11H2,1H3. The van der Waals surface area contributed by atoms with Gasteiger partial charge in [-0.3, -0.25) is 0 Å². The first-order valence-corrected chi connectivity index (χ1v) is 4.46. The van der Waals surface area contributed by atoms with Crippen LogP contribution >= 0.6 is 11.6 Å². The van der Waals surface area contributed by atoms with Crippen molar-refractivity contribution in [3.8, 4) is 11.3 Å². The van der Waals surface area contributed by atoms with Gasteiger partial charge in [-0.15, -0.1) is 5.10 Å². The lowest BCUT2D eigenvalue weighted by Crippen LogP contribution is -1.94. The molecule has 0 atom stereocenters. The minimum atomic E-state index is 0.545. The topological polar surface area (TPSA) is 56.7 Å². The molecule has 0 fully saturated rings. The van der Waals surface area contributed by atoms with Gasteiger partial charge in [0.05, 0.1) is 22.6 Å². The number of benzene rings is 1. The molecule has 0 unspecified atom stereocenters. The molecular weight excluding hydrogens is 200 g/mol. The molecule has 2 N–H and O–H groups in total. The zero-order valence-corrected chi connectivity index (χ0v) is 8.36. The normalized spacial score (nSPS) is 10.4. The molecule has 1 aromatic carbocycles. The van der Waals surface area contributed by atoms with E-state index < -0.39 is 0 Å². The van der Waals surface area contributed by atoms with E-state index in [9.17, 15) is 0 Å². The van der Waals surface area contributed by atoms with Crippen LogP contribution in [0.5, 0.6) is 0 Å². The Labute approximate surface area is 86.3 Å². The van der Waals surface area contributed by atoms with E-state index in [4.69, 9.17) is 17.3 Å². The Balaban J connectivity index is 2.53. The summed E-state index contributed by atoms with van der Waals surface area (Å²) in [4.78, 5) is 0. The molecular formula is C9H9ClN4. The number of nitrogens with two attached hydrogens (primary N) is 1. The van der Waals surface area contributed by atoms with Crippen LogP contribution in [0.15, 0.2) is 24.4 Å². The number of anilines is 1. The summed E-state index contributed by atoms with van der Waals surface area (Å²) in [5.74, 6) is 0. The van der Waals surface area contributed by atoms with Crippen molar-refractivity contribution in [2.75, 3.05) is 5.73 Å². The van der Waals surface area contributed by atoms with Crippen LogP contribution in [0.1, 0.15) is 0 Å². The fraction of sp³-hybridized carbons (Fsp3) is 0.111. The average Bonchev–Trinajstić information content (AvgIpc) is 2.57. The zero-order chi connectivity index (χ0) is 10.1. The van der Waals surface area contributed by atoms with E-state index in [1.807, 2.05) is 13.1 Å². The highest BCUT2D eigenvalue weighted by molar-refractivity contribution is 6.33. The van der Waals surface area contributed by atoms with E-state index in [1.165, 1.54) is 0 Å². The largest absolute Gasteiger partial charge is 0.398 e. The minimum Gasteiger partial charge on any atom is -0.398 e. The van der Waals surface area contributed by atoms with Crippen LogP contribution in [0.3, 0.4) is 0 Å². The van der Waals surface area contributed by atoms with E-state index in [0.717, 1.165) is 11.3 Å². The SMILES string of the molecule is Cn1nncc1-c1ccc(N)c(Cl)c1. The van der Waals surface area contributed by atoms with E-state index in [2.05, 4.69) is 10.3 Å². The number of nitrogen functional groups attached to an aromatic ring is 1. The summed E-state index contributed by atoms with van der Waals surface area (Å²) >= 11 is 5.91. The first kappa shape index (κ1) is 9.02. The van der Waals surface area contributed by atoms with Gasteiger partial charge in [0.2, 0.25) is 0 Å². The number of hydrogen-bond donors (Lipinski definition) is 1. The third-order valence-electron chi connectivity index (χ3n) is 2.01. The van der Waals surface area contributed by atoms with Crippen LogP contribution < -0.4 is 5.73 Å². The predicted octanol–water partition coefficient (Wildman–Crippen LogP) is 1.72. The number of hydrogen-bond acceptors (Lipinski definition) is 3. The van der Waals surface area contributed by atoms with Crippen LogP contribution in [0.25, 0.3) is 11.3 Å². The van der Waals surface area contributed by atoms with Crippen molar-refractivity contribution in [1.82, 2.24) is 15.0 Å². The van der Waals surface area contributed by atoms with Crippen LogP contribution in [0, 0.1) is 0 Å². The molecule has 0 amide bonds. The molecule has 4 nitrogen and oxygen atoms in total. The first-order valence-electron chi connectivity index (χ1n) is 4.08. The van der Waals surface area contributed by atoms with Gasteiger partial charge in [0.15, 0.2) is 0 Å². The Morgan fingerprint density at radius 2 is 2.21 bits per heavy atom. The molecule has 0 aliphatic heterocycles. The van der Waals surface area contributed by atoms with Crippen LogP contribution in [0.4, 0.5) is 5.69 Å². The van der Waals surface area contributed by atoms with Crippen LogP contribution in [0.2, 0.25) is 5.02 Å². The molecule has 72 valence electrons. The lowest BCUT2D eigenvalue weighted by atomic mass is 10.1. The molecule has 2 aromatic rings. The quantitative estimate of drug-likeness (QED) is 0.726. The van der Waals surface area contributed by atoms with Gasteiger partial charge in [-0.05, 0) is 12.1 Å². The van der Waals surface area contributed by atoms with Crippen LogP contribution in [-0.2, 0) is 7.05 Å². The Bertz CT molecular complexity index is 464. The van der Waals surface area contributed by atoms with Crippen molar-refractivity contribution in [2.45, 2.75) is 0 Å². The Morgan fingerprint density at radius 3 is 2.79 bits per heavy atom. The summed E-state index contributed by atoms with van der Waals surface area (Å²) in [5, 5.41) is 8.17. The van der Waals surface area contributed by atoms with Gasteiger partial charge in [0.25, 0.3) is 0 Å². The molecule has 0 radical (unpaired) electrons. The molecule has 5 heteroatoms. The number of halogens is 1. The minimum absolute atomic E-state index is 0.545. The fourth-order valence-electron chi connectivity index (χ4n) is 1.24. The zero-order valence-electron chi connectivity index (χ0n) is 7.61. The summed E-state index contributed by atoms with van der Waals surface area (Å²) in [7, 11) is 1.83. The van der Waals surface area contributed by atoms with Gasteiger partial charge in [-0.2, -0.15) is 0 Å². The average molecular weight is 209 g/mol. The molecule has 0 saturated heterocycles. The summed E-state index contributed by atoms with van der Waals surface area (Å²) in [6.45, 7) is 0. The molecule has 14 heavy (non-hydrogen) atoms. The van der Waals surface area contributed by atoms with E-state index >= 15 is 0 Å². The maximum Gasteiger partial charge on any atom is 0.0882 e. The second kappa shape index (κ2) is 3.31. The second-order valence-electron chi connectivity index (χ2n) is 2.98. The lowest BCUT2D eigenvalue weighted by Gasteiger charge is -2.02. The Morgan fingerprint density at radius 1 is 1.43 bits per heavy atom. The van der Waals surface area contributed by atoms with Crippen molar-refractivity contribution in [3.63, 3.8) is 0 Å². The number of rotatable bonds is 1. The summed E-state index contributed by atoms with van der Waals surface area (Å²) in [6, 6.07) is 5.46. The van der Waals surface area contributed by atoms with Crippen molar-refractivity contribution in [3.05, 3.63) is 29.4 Å². The summed E-state index contributed by atoms with van der Waals surface area (Å²) in [6.07, 6.45) is 1.68. The smallest absolute Gasteiger partial charge is 0.0882 e. The monoisotopic (exact) mass is 208 g/mol. The molecule has 0 aliphatic carbocycles. The molecule has 0 aliphatic rings. The maximum absolute atomic E-state index is 5.91. The third-order valence-corrected chi connectivity index (χ3v) is 2.34. The van der Waals surface area contributed by atoms with Crippen LogP contribution in [-0.4, -0.2) is 15.0 Å². The van der Waals surface area contributed by atoms with Crippen molar-refractivity contribution in [2.24, 2.45) is 7.05 Å². The van der Waals surface area contributed by atoms with Gasteiger partial charge < -0.3 is 5.73 Å². The molecule has 1 aromatic heterocycles. The number of aromatic nitrogens is 3. The fourth-order valence-corrected chi connectivity index (χ4v) is 1.42. The lowest BCUT2D eigenvalue weighted by molar-refractivity contribution is 0.720. The van der Waals surface area contributed by atoms with E-state index in [-0.39, 0.29) is 0 Å². The number of nitrogens with zero attached hydrogens (tertiary/aromatic N) is 3. The predicted molar refractivity (Wildman–Crippen MR) is 55.9 cm³/mol. The molecule has 0 bridgehead atoms. The molecule has 0 saturated carbocycles. The molecule has 1 heterocycles. The van der Waals surface area contributed by atoms with Crippen molar-refractivity contribution >= 4 is 17.3 Å². The highest BCUT2D eigenvalue weighted by atomic mass is 35.5. The first-order chi connectivity index (χ1) is 6.68. The Kier molecular flexibility index (Phi) is 2.13. The van der Waals surface area contributed by atoms with Gasteiger partial charge in [0, 0.05) is 12.6 Å². The third kappa shape index (κ3) is 1.44. The van der Waals surface area contributed by atoms with Gasteiger partial charge in [-0.1, -0.05) is 22.9 Å². The van der Waals surface area contributed by atoms with Crippen molar-refractivity contribution in [1.29, 1.82) is 0 Å². The second-order valence-corrected chi connectivity index (χ2v) is 3.39.